The van der Waals surface area contributed by atoms with Crippen LogP contribution < -0.4 is 0 Å². The normalized spacial score (nSPS) is 15.2. The Morgan fingerprint density at radius 2 is 2.29 bits per heavy atom. The van der Waals surface area contributed by atoms with Gasteiger partial charge in [-0.15, -0.1) is 0 Å². The standard InChI is InChI=1S/C11H13Cl2N3O/c1-17-7-9-3-2-4-16(9)6-8-5-14-11(13)15-10(8)12/h3,5H,2,4,6-7H2,1H3. The van der Waals surface area contributed by atoms with Gasteiger partial charge in [-0.25, -0.2) is 9.97 Å². The molecule has 1 aliphatic heterocycles. The van der Waals surface area contributed by atoms with Crippen molar-refractivity contribution in [3.05, 3.63) is 34.0 Å². The van der Waals surface area contributed by atoms with Crippen LogP contribution in [0.15, 0.2) is 18.0 Å². The van der Waals surface area contributed by atoms with Crippen LogP contribution in [-0.2, 0) is 11.3 Å². The summed E-state index contributed by atoms with van der Waals surface area (Å²) in [5, 5.41) is 0.585. The van der Waals surface area contributed by atoms with E-state index in [2.05, 4.69) is 20.9 Å². The van der Waals surface area contributed by atoms with E-state index in [-0.39, 0.29) is 5.28 Å². The largest absolute Gasteiger partial charge is 0.379 e. The Labute approximate surface area is 110 Å². The van der Waals surface area contributed by atoms with Gasteiger partial charge in [0.15, 0.2) is 0 Å². The quantitative estimate of drug-likeness (QED) is 0.624. The maximum atomic E-state index is 6.02. The first kappa shape index (κ1) is 12.6. The molecule has 6 heteroatoms. The van der Waals surface area contributed by atoms with Gasteiger partial charge >= 0.3 is 0 Å². The summed E-state index contributed by atoms with van der Waals surface area (Å²) in [6.45, 7) is 2.27. The molecule has 4 nitrogen and oxygen atoms in total. The Morgan fingerprint density at radius 3 is 3.00 bits per heavy atom. The number of halogens is 2. The van der Waals surface area contributed by atoms with E-state index in [1.807, 2.05) is 0 Å². The van der Waals surface area contributed by atoms with Gasteiger partial charge in [0.25, 0.3) is 0 Å². The summed E-state index contributed by atoms with van der Waals surface area (Å²) in [5.41, 5.74) is 2.05. The SMILES string of the molecule is COCC1=CCCN1Cc1cnc(Cl)nc1Cl. The van der Waals surface area contributed by atoms with Crippen molar-refractivity contribution in [1.29, 1.82) is 0 Å². The van der Waals surface area contributed by atoms with Crippen molar-refractivity contribution in [2.75, 3.05) is 20.3 Å². The second-order valence-electron chi connectivity index (χ2n) is 3.79. The summed E-state index contributed by atoms with van der Waals surface area (Å²) in [7, 11) is 1.69. The van der Waals surface area contributed by atoms with Crippen LogP contribution in [-0.4, -0.2) is 35.1 Å². The second-order valence-corrected chi connectivity index (χ2v) is 4.49. The maximum Gasteiger partial charge on any atom is 0.223 e. The van der Waals surface area contributed by atoms with E-state index in [0.29, 0.717) is 18.3 Å². The van der Waals surface area contributed by atoms with Gasteiger partial charge in [0.1, 0.15) is 5.15 Å². The average molecular weight is 274 g/mol. The summed E-state index contributed by atoms with van der Waals surface area (Å²) in [6.07, 6.45) is 4.87. The number of aromatic nitrogens is 2. The molecule has 92 valence electrons. The third-order valence-electron chi connectivity index (χ3n) is 2.62. The fourth-order valence-electron chi connectivity index (χ4n) is 1.82. The number of hydrogen-bond donors (Lipinski definition) is 0. The van der Waals surface area contributed by atoms with Crippen molar-refractivity contribution in [2.24, 2.45) is 0 Å². The van der Waals surface area contributed by atoms with E-state index < -0.39 is 0 Å². The minimum absolute atomic E-state index is 0.174. The molecule has 0 saturated heterocycles. The molecule has 0 saturated carbocycles. The minimum atomic E-state index is 0.174. The molecule has 1 aromatic heterocycles. The molecule has 2 heterocycles. The lowest BCUT2D eigenvalue weighted by Crippen LogP contribution is -2.22. The van der Waals surface area contributed by atoms with Gasteiger partial charge in [0.2, 0.25) is 5.28 Å². The Hall–Kier alpha value is -0.840. The summed E-state index contributed by atoms with van der Waals surface area (Å²) < 4.78 is 5.15. The number of methoxy groups -OCH3 is 1. The van der Waals surface area contributed by atoms with Crippen molar-refractivity contribution < 1.29 is 4.74 Å². The van der Waals surface area contributed by atoms with Gasteiger partial charge in [-0.3, -0.25) is 0 Å². The lowest BCUT2D eigenvalue weighted by molar-refractivity contribution is 0.193. The molecule has 0 aromatic carbocycles. The molecule has 1 aliphatic rings. The molecule has 0 unspecified atom stereocenters. The van der Waals surface area contributed by atoms with Crippen LogP contribution in [0.5, 0.6) is 0 Å². The molecule has 0 bridgehead atoms. The topological polar surface area (TPSA) is 38.2 Å². The van der Waals surface area contributed by atoms with E-state index >= 15 is 0 Å². The predicted molar refractivity (Wildman–Crippen MR) is 67.0 cm³/mol. The van der Waals surface area contributed by atoms with Crippen LogP contribution in [0.4, 0.5) is 0 Å². The summed E-state index contributed by atoms with van der Waals surface area (Å²) >= 11 is 11.7. The molecule has 0 spiro atoms. The zero-order valence-corrected chi connectivity index (χ0v) is 11.0. The third-order valence-corrected chi connectivity index (χ3v) is 3.13. The first-order valence-electron chi connectivity index (χ1n) is 5.30. The van der Waals surface area contributed by atoms with Gasteiger partial charge in [-0.05, 0) is 18.0 Å². The molecule has 1 aromatic rings. The zero-order chi connectivity index (χ0) is 12.3. The molecule has 17 heavy (non-hydrogen) atoms. The fraction of sp³-hybridized carbons (Fsp3) is 0.455. The number of hydrogen-bond acceptors (Lipinski definition) is 4. The van der Waals surface area contributed by atoms with Crippen LogP contribution in [0.2, 0.25) is 10.4 Å². The molecular formula is C11H13Cl2N3O. The second kappa shape index (κ2) is 5.67. The highest BCUT2D eigenvalue weighted by Gasteiger charge is 2.16. The number of rotatable bonds is 4. The molecule has 0 aliphatic carbocycles. The smallest absolute Gasteiger partial charge is 0.223 e. The summed E-state index contributed by atoms with van der Waals surface area (Å²) in [4.78, 5) is 10.1. The Morgan fingerprint density at radius 1 is 1.47 bits per heavy atom. The minimum Gasteiger partial charge on any atom is -0.379 e. The van der Waals surface area contributed by atoms with Crippen LogP contribution in [0.1, 0.15) is 12.0 Å². The molecular weight excluding hydrogens is 261 g/mol. The molecule has 0 radical (unpaired) electrons. The van der Waals surface area contributed by atoms with Crippen LogP contribution in [0, 0.1) is 0 Å². The third kappa shape index (κ3) is 3.09. The molecule has 0 amide bonds. The number of ether oxygens (including phenoxy) is 1. The van der Waals surface area contributed by atoms with Gasteiger partial charge in [-0.1, -0.05) is 17.7 Å². The predicted octanol–water partition coefficient (Wildman–Crippen LogP) is 2.52. The van der Waals surface area contributed by atoms with Crippen molar-refractivity contribution in [3.63, 3.8) is 0 Å². The monoisotopic (exact) mass is 273 g/mol. The molecule has 0 fully saturated rings. The summed E-state index contributed by atoms with van der Waals surface area (Å²) in [6, 6.07) is 0. The molecule has 0 N–H and O–H groups in total. The van der Waals surface area contributed by atoms with Gasteiger partial charge < -0.3 is 9.64 Å². The van der Waals surface area contributed by atoms with Crippen molar-refractivity contribution >= 4 is 23.2 Å². The van der Waals surface area contributed by atoms with Crippen LogP contribution in [0.3, 0.4) is 0 Å². The number of nitrogens with zero attached hydrogens (tertiary/aromatic N) is 3. The summed E-state index contributed by atoms with van der Waals surface area (Å²) in [5.74, 6) is 0. The fourth-order valence-corrected chi connectivity index (χ4v) is 2.18. The first-order valence-corrected chi connectivity index (χ1v) is 6.06. The Balaban J connectivity index is 2.08. The van der Waals surface area contributed by atoms with E-state index in [0.717, 1.165) is 18.5 Å². The van der Waals surface area contributed by atoms with E-state index in [4.69, 9.17) is 27.9 Å². The van der Waals surface area contributed by atoms with E-state index in [1.165, 1.54) is 5.70 Å². The average Bonchev–Trinajstić information content (AvgIpc) is 2.71. The van der Waals surface area contributed by atoms with E-state index in [1.54, 1.807) is 13.3 Å². The van der Waals surface area contributed by atoms with Crippen LogP contribution >= 0.6 is 23.2 Å². The Kier molecular flexibility index (Phi) is 4.20. The maximum absolute atomic E-state index is 6.02. The first-order chi connectivity index (χ1) is 8.20. The Bertz CT molecular complexity index is 437. The molecule has 2 rings (SSSR count). The molecule has 0 atom stereocenters. The van der Waals surface area contributed by atoms with Gasteiger partial charge in [0.05, 0.1) is 6.61 Å². The van der Waals surface area contributed by atoms with Gasteiger partial charge in [0, 0.05) is 37.7 Å². The highest BCUT2D eigenvalue weighted by Crippen LogP contribution is 2.22. The lowest BCUT2D eigenvalue weighted by atomic mass is 10.3. The van der Waals surface area contributed by atoms with Crippen LogP contribution in [0.25, 0.3) is 0 Å². The zero-order valence-electron chi connectivity index (χ0n) is 9.49. The van der Waals surface area contributed by atoms with Crippen molar-refractivity contribution in [3.8, 4) is 0 Å². The van der Waals surface area contributed by atoms with Crippen molar-refractivity contribution in [1.82, 2.24) is 14.9 Å². The highest BCUT2D eigenvalue weighted by atomic mass is 35.5. The van der Waals surface area contributed by atoms with Gasteiger partial charge in [-0.2, -0.15) is 0 Å². The van der Waals surface area contributed by atoms with E-state index in [9.17, 15) is 0 Å². The lowest BCUT2D eigenvalue weighted by Gasteiger charge is -2.22. The van der Waals surface area contributed by atoms with Crippen molar-refractivity contribution in [2.45, 2.75) is 13.0 Å². The highest BCUT2D eigenvalue weighted by molar-refractivity contribution is 6.32.